The number of amides is 2. The van der Waals surface area contributed by atoms with Crippen LogP contribution in [0, 0.1) is 6.92 Å². The van der Waals surface area contributed by atoms with E-state index in [-0.39, 0.29) is 12.3 Å². The third kappa shape index (κ3) is 6.62. The first-order valence-electron chi connectivity index (χ1n) is 13.4. The second kappa shape index (κ2) is 12.2. The second-order valence-electron chi connectivity index (χ2n) is 10.4. The number of hydrogen-bond acceptors (Lipinski definition) is 7. The zero-order chi connectivity index (χ0) is 28.0. The zero-order valence-corrected chi connectivity index (χ0v) is 22.5. The number of pyridine rings is 2. The number of para-hydroxylation sites is 1. The number of hydroxylamine groups is 1. The van der Waals surface area contributed by atoms with Gasteiger partial charge >= 0.3 is 0 Å². The quantitative estimate of drug-likeness (QED) is 0.216. The Bertz CT molecular complexity index is 1480. The molecule has 0 aliphatic carbocycles. The minimum atomic E-state index is -0.820. The first-order valence-corrected chi connectivity index (χ1v) is 13.4. The molecule has 0 saturated carbocycles. The number of nitrogens with one attached hydrogen (secondary N) is 2. The van der Waals surface area contributed by atoms with E-state index in [9.17, 15) is 14.8 Å². The van der Waals surface area contributed by atoms with Gasteiger partial charge in [0.2, 0.25) is 5.91 Å². The molecule has 9 heteroatoms. The molecule has 2 aromatic carbocycles. The summed E-state index contributed by atoms with van der Waals surface area (Å²) < 4.78 is 6.05. The number of carbonyl (C=O) groups excluding carboxylic acids is 2. The van der Waals surface area contributed by atoms with Gasteiger partial charge in [0.05, 0.1) is 17.5 Å². The van der Waals surface area contributed by atoms with E-state index in [4.69, 9.17) is 4.74 Å². The van der Waals surface area contributed by atoms with Crippen molar-refractivity contribution in [1.29, 1.82) is 0 Å². The highest BCUT2D eigenvalue weighted by atomic mass is 16.5. The lowest BCUT2D eigenvalue weighted by molar-refractivity contribution is -0.131. The van der Waals surface area contributed by atoms with Crippen molar-refractivity contribution in [1.82, 2.24) is 25.7 Å². The number of piperidine rings is 1. The molecule has 0 bridgehead atoms. The van der Waals surface area contributed by atoms with Gasteiger partial charge in [-0.05, 0) is 74.3 Å². The molecule has 3 heterocycles. The molecule has 206 valence electrons. The number of rotatable bonds is 9. The van der Waals surface area contributed by atoms with Crippen LogP contribution in [0.25, 0.3) is 10.9 Å². The van der Waals surface area contributed by atoms with Crippen LogP contribution in [0.3, 0.4) is 0 Å². The molecule has 3 N–H and O–H groups in total. The van der Waals surface area contributed by atoms with Crippen LogP contribution in [0.2, 0.25) is 0 Å². The third-order valence-electron chi connectivity index (χ3n) is 7.23. The molecule has 1 saturated heterocycles. The fourth-order valence-corrected chi connectivity index (χ4v) is 5.44. The fourth-order valence-electron chi connectivity index (χ4n) is 5.44. The van der Waals surface area contributed by atoms with Crippen LogP contribution in [-0.2, 0) is 17.9 Å². The maximum absolute atomic E-state index is 13.3. The Balaban J connectivity index is 1.26. The number of aryl methyl sites for hydroxylation is 1. The van der Waals surface area contributed by atoms with Gasteiger partial charge in [-0.3, -0.25) is 29.7 Å². The smallest absolute Gasteiger partial charge is 0.251 e. The Morgan fingerprint density at radius 2 is 1.93 bits per heavy atom. The minimum absolute atomic E-state index is 0.0285. The molecule has 9 nitrogen and oxygen atoms in total. The summed E-state index contributed by atoms with van der Waals surface area (Å²) in [6, 6.07) is 20.9. The van der Waals surface area contributed by atoms with Gasteiger partial charge < -0.3 is 10.1 Å². The molecule has 4 aromatic rings. The molecule has 2 amide bonds. The van der Waals surface area contributed by atoms with Crippen molar-refractivity contribution >= 4 is 22.7 Å². The lowest BCUT2D eigenvalue weighted by Gasteiger charge is -2.43. The van der Waals surface area contributed by atoms with Crippen LogP contribution in [0.15, 0.2) is 79.1 Å². The average molecular weight is 540 g/mol. The van der Waals surface area contributed by atoms with Gasteiger partial charge in [-0.15, -0.1) is 0 Å². The van der Waals surface area contributed by atoms with Gasteiger partial charge in [-0.1, -0.05) is 24.3 Å². The molecule has 0 radical (unpaired) electrons. The first kappa shape index (κ1) is 27.2. The van der Waals surface area contributed by atoms with Gasteiger partial charge in [-0.25, -0.2) is 5.48 Å². The summed E-state index contributed by atoms with van der Waals surface area (Å²) in [5.74, 6) is -0.174. The number of ether oxygens (including phenoxy) is 1. The number of nitrogens with zero attached hydrogens (tertiary/aromatic N) is 3. The van der Waals surface area contributed by atoms with Crippen molar-refractivity contribution in [2.24, 2.45) is 0 Å². The van der Waals surface area contributed by atoms with Gasteiger partial charge in [0.15, 0.2) is 0 Å². The highest BCUT2D eigenvalue weighted by Gasteiger charge is 2.39. The molecule has 5 rings (SSSR count). The van der Waals surface area contributed by atoms with E-state index in [1.807, 2.05) is 55.6 Å². The molecule has 0 spiro atoms. The summed E-state index contributed by atoms with van der Waals surface area (Å²) in [7, 11) is 0. The van der Waals surface area contributed by atoms with Crippen molar-refractivity contribution in [3.63, 3.8) is 0 Å². The highest BCUT2D eigenvalue weighted by Crippen LogP contribution is 2.27. The molecule has 1 atom stereocenters. The van der Waals surface area contributed by atoms with E-state index < -0.39 is 11.4 Å². The fraction of sp³-hybridized carbons (Fsp3) is 0.290. The highest BCUT2D eigenvalue weighted by molar-refractivity contribution is 5.95. The predicted molar refractivity (Wildman–Crippen MR) is 151 cm³/mol. The second-order valence-corrected chi connectivity index (χ2v) is 10.4. The van der Waals surface area contributed by atoms with Crippen molar-refractivity contribution < 1.29 is 19.5 Å². The van der Waals surface area contributed by atoms with Gasteiger partial charge in [-0.2, -0.15) is 0 Å². The molecule has 1 aliphatic rings. The van der Waals surface area contributed by atoms with E-state index in [1.54, 1.807) is 35.9 Å². The number of hydrogen-bond donors (Lipinski definition) is 3. The molecular weight excluding hydrogens is 506 g/mol. The summed E-state index contributed by atoms with van der Waals surface area (Å²) in [6.45, 7) is 4.31. The number of likely N-dealkylation sites (tertiary alicyclic amines) is 1. The summed E-state index contributed by atoms with van der Waals surface area (Å²) >= 11 is 0. The van der Waals surface area contributed by atoms with Gasteiger partial charge in [0, 0.05) is 47.7 Å². The predicted octanol–water partition coefficient (Wildman–Crippen LogP) is 4.18. The monoisotopic (exact) mass is 539 g/mol. The molecule has 40 heavy (non-hydrogen) atoms. The Morgan fingerprint density at radius 1 is 1.10 bits per heavy atom. The third-order valence-corrected chi connectivity index (χ3v) is 7.23. The zero-order valence-electron chi connectivity index (χ0n) is 22.5. The summed E-state index contributed by atoms with van der Waals surface area (Å²) in [4.78, 5) is 36.6. The SMILES string of the molecule is Cc1cc(COc2ccc(C(=O)N[C@]3(CC(=O)NO)CCCN(Cc4cccnc4)C3)cc2)c2ccccc2n1. The van der Waals surface area contributed by atoms with Gasteiger partial charge in [0.1, 0.15) is 12.4 Å². The van der Waals surface area contributed by atoms with Gasteiger partial charge in [0.25, 0.3) is 5.91 Å². The topological polar surface area (TPSA) is 117 Å². The summed E-state index contributed by atoms with van der Waals surface area (Å²) in [5, 5.41) is 13.4. The molecular formula is C31H33N5O4. The molecule has 1 fully saturated rings. The summed E-state index contributed by atoms with van der Waals surface area (Å²) in [5.41, 5.74) is 5.32. The maximum atomic E-state index is 13.3. The van der Waals surface area contributed by atoms with E-state index in [0.29, 0.717) is 37.4 Å². The van der Waals surface area contributed by atoms with E-state index in [0.717, 1.165) is 40.7 Å². The van der Waals surface area contributed by atoms with Crippen LogP contribution < -0.4 is 15.5 Å². The normalized spacial score (nSPS) is 17.4. The van der Waals surface area contributed by atoms with Crippen LogP contribution in [0.1, 0.15) is 46.4 Å². The lowest BCUT2D eigenvalue weighted by atomic mass is 9.84. The largest absolute Gasteiger partial charge is 0.489 e. The Kier molecular flexibility index (Phi) is 8.33. The lowest BCUT2D eigenvalue weighted by Crippen LogP contribution is -2.60. The standard InChI is InChI=1S/C31H33N5O4/c1-22-16-25(27-7-2-3-8-28(27)33-22)20-40-26-11-9-24(10-12-26)30(38)34-31(17-29(37)35-39)13-5-15-36(21-31)19-23-6-4-14-32-18-23/h2-4,6-12,14,16,18,39H,5,13,15,17,19-21H2,1H3,(H,34,38)(H,35,37)/t31-/m0/s1. The van der Waals surface area contributed by atoms with Crippen molar-refractivity contribution in [2.75, 3.05) is 13.1 Å². The minimum Gasteiger partial charge on any atom is -0.489 e. The first-order chi connectivity index (χ1) is 19.4. The summed E-state index contributed by atoms with van der Waals surface area (Å²) in [6.07, 6.45) is 4.94. The van der Waals surface area contributed by atoms with Crippen molar-refractivity contribution in [3.8, 4) is 5.75 Å². The Labute approximate surface area is 233 Å². The van der Waals surface area contributed by atoms with Crippen LogP contribution >= 0.6 is 0 Å². The molecule has 1 aliphatic heterocycles. The van der Waals surface area contributed by atoms with Crippen LogP contribution in [0.4, 0.5) is 0 Å². The van der Waals surface area contributed by atoms with Crippen LogP contribution in [0.5, 0.6) is 5.75 Å². The number of fused-ring (bicyclic) bond motifs is 1. The number of aromatic nitrogens is 2. The molecule has 0 unspecified atom stereocenters. The number of carbonyl (C=O) groups is 2. The Morgan fingerprint density at radius 3 is 2.70 bits per heavy atom. The van der Waals surface area contributed by atoms with E-state index in [2.05, 4.69) is 20.2 Å². The van der Waals surface area contributed by atoms with Crippen molar-refractivity contribution in [3.05, 3.63) is 102 Å². The maximum Gasteiger partial charge on any atom is 0.251 e. The number of benzene rings is 2. The van der Waals surface area contributed by atoms with E-state index in [1.165, 1.54) is 0 Å². The van der Waals surface area contributed by atoms with E-state index >= 15 is 0 Å². The average Bonchev–Trinajstić information content (AvgIpc) is 2.96. The Hall–Kier alpha value is -4.34. The van der Waals surface area contributed by atoms with Crippen LogP contribution in [-0.4, -0.2) is 50.5 Å². The molecule has 2 aromatic heterocycles. The van der Waals surface area contributed by atoms with Crippen molar-refractivity contribution in [2.45, 2.75) is 44.9 Å².